The number of methoxy groups -OCH3 is 1. The minimum Gasteiger partial charge on any atom is -0.540 e. The topological polar surface area (TPSA) is 329 Å². The number of aliphatic hydroxyl groups is 6. The van der Waals surface area contributed by atoms with E-state index in [1.54, 1.807) is 135 Å². The molecule has 119 heavy (non-hydrogen) atoms. The molecule has 0 fully saturated rings. The van der Waals surface area contributed by atoms with Gasteiger partial charge in [0.1, 0.15) is 11.5 Å². The number of ether oxygens (including phenoxy) is 1. The molecule has 27 heteroatoms. The van der Waals surface area contributed by atoms with Crippen LogP contribution in [0, 0.1) is 112 Å². The third kappa shape index (κ3) is 47.4. The van der Waals surface area contributed by atoms with E-state index in [-0.39, 0.29) is 154 Å². The quantitative estimate of drug-likeness (QED) is 0.0285. The number of hydrogen-bond donors (Lipinski definition) is 8. The third-order valence-corrected chi connectivity index (χ3v) is 15.1. The molecule has 7 aromatic carbocycles. The summed E-state index contributed by atoms with van der Waals surface area (Å²) in [6.45, 7) is 31.4. The summed E-state index contributed by atoms with van der Waals surface area (Å²) in [5.74, 6) is 0.804. The molecule has 6 atom stereocenters. The molecule has 5 radical (unpaired) electrons. The Kier molecular flexibility index (Phi) is 61.3. The molecule has 5 heterocycles. The van der Waals surface area contributed by atoms with E-state index < -0.39 is 0 Å². The number of aromatic nitrogens is 10. The van der Waals surface area contributed by atoms with Gasteiger partial charge in [-0.1, -0.05) is 31.2 Å². The van der Waals surface area contributed by atoms with Crippen LogP contribution in [0.3, 0.4) is 0 Å². The number of aryl methyl sites for hydroxylation is 11. The second-order valence-corrected chi connectivity index (χ2v) is 26.5. The van der Waals surface area contributed by atoms with E-state index in [1.807, 2.05) is 161 Å². The van der Waals surface area contributed by atoms with E-state index in [9.17, 15) is 9.18 Å². The molecular weight excluding hydrogens is 2400 g/mol. The monoisotopic (exact) mass is 2510 g/mol. The molecule has 0 aliphatic heterocycles. The van der Waals surface area contributed by atoms with Crippen molar-refractivity contribution >= 4 is 12.5 Å². The van der Waals surface area contributed by atoms with Crippen molar-refractivity contribution < 1.29 is 155 Å². The van der Waals surface area contributed by atoms with E-state index in [1.165, 1.54) is 23.8 Å². The van der Waals surface area contributed by atoms with Crippen molar-refractivity contribution in [2.45, 2.75) is 174 Å². The number of phenolic OH excluding ortho intramolecular Hbond substituents is 2. The van der Waals surface area contributed by atoms with Gasteiger partial charge in [0.15, 0.2) is 6.29 Å². The van der Waals surface area contributed by atoms with Crippen molar-refractivity contribution in [2.75, 3.05) is 14.2 Å². The third-order valence-electron chi connectivity index (χ3n) is 15.1. The Hall–Kier alpha value is -8.38. The number of aliphatic hydroxyl groups excluding tert-OH is 6. The molecule has 12 rings (SSSR count). The van der Waals surface area contributed by atoms with Gasteiger partial charge in [0.2, 0.25) is 0 Å². The zero-order valence-corrected chi connectivity index (χ0v) is 82.4. The largest absolute Gasteiger partial charge is 0.540 e. The van der Waals surface area contributed by atoms with Crippen LogP contribution in [0.1, 0.15) is 139 Å². The van der Waals surface area contributed by atoms with Crippen molar-refractivity contribution in [1.29, 1.82) is 0 Å². The van der Waals surface area contributed by atoms with E-state index in [4.69, 9.17) is 45.6 Å². The van der Waals surface area contributed by atoms with Crippen molar-refractivity contribution in [3.05, 3.63) is 292 Å². The molecule has 6 unspecified atom stereocenters. The maximum atomic E-state index is 12.7. The van der Waals surface area contributed by atoms with Gasteiger partial charge in [0.05, 0.1) is 77.8 Å². The second kappa shape index (κ2) is 63.6. The smallest absolute Gasteiger partial charge is 0.153 e. The Morgan fingerprint density at radius 2 is 0.664 bits per heavy atom. The van der Waals surface area contributed by atoms with Crippen LogP contribution in [0.2, 0.25) is 0 Å². The Balaban J connectivity index is -0.00000127. The molecule has 21 nitrogen and oxygen atoms in total. The molecule has 0 bridgehead atoms. The minimum absolute atomic E-state index is 0. The molecular formula is C92H109FIr5N11O10-5. The first-order chi connectivity index (χ1) is 54.1. The first kappa shape index (κ1) is 115. The van der Waals surface area contributed by atoms with E-state index >= 15 is 0 Å². The van der Waals surface area contributed by atoms with Crippen molar-refractivity contribution in [3.8, 4) is 73.5 Å². The number of nitrogens with zero attached hydrogens (tertiary/aromatic N) is 11. The van der Waals surface area contributed by atoms with Crippen LogP contribution in [0.5, 0.6) is 17.2 Å². The number of rotatable bonds is 14. The summed E-state index contributed by atoms with van der Waals surface area (Å²) in [5, 5.41) is 69.4. The van der Waals surface area contributed by atoms with E-state index in [2.05, 4.69) is 91.2 Å². The van der Waals surface area contributed by atoms with Gasteiger partial charge >= 0.3 is 0 Å². The SMILES string of the molecule is CC(O)CC(C)O.CC(O)CC(C)O.CC(O)CC(C)O.CN=Cc1ccccc1O.COc1c[c-]c(-c2ncc(C)nc2C)cc1.Cc1c[c-]c(-c2ncc(C)nc2C)cc1.Cc1cnc(-c2[c-]cc(F)cc2)c(C)n1.Cc1cnc(-c2[c-]cccc2)c(C)n1.Cc1cnc(-c2[c-]cccc2)c(C)n1.O=Cc1ccccc1O.[Ir].[Ir].[Ir].[Ir].[Ir]. The fraction of sp³-hybridized carbons (Fsp3) is 0.304. The summed E-state index contributed by atoms with van der Waals surface area (Å²) in [6.07, 6.45) is 10.2. The van der Waals surface area contributed by atoms with Crippen molar-refractivity contribution in [2.24, 2.45) is 4.99 Å². The normalized spacial score (nSPS) is 11.2. The second-order valence-electron chi connectivity index (χ2n) is 26.5. The van der Waals surface area contributed by atoms with Crippen LogP contribution in [0.25, 0.3) is 56.3 Å². The molecule has 12 aromatic rings. The van der Waals surface area contributed by atoms with Crippen molar-refractivity contribution in [1.82, 2.24) is 49.8 Å². The van der Waals surface area contributed by atoms with Gasteiger partial charge in [-0.15, -0.1) is 167 Å². The first-order valence-corrected chi connectivity index (χ1v) is 36.8. The maximum absolute atomic E-state index is 12.7. The maximum Gasteiger partial charge on any atom is 0.153 e. The van der Waals surface area contributed by atoms with Crippen LogP contribution in [0.15, 0.2) is 188 Å². The van der Waals surface area contributed by atoms with Crippen LogP contribution in [0.4, 0.5) is 4.39 Å². The van der Waals surface area contributed by atoms with Crippen LogP contribution in [-0.2, 0) is 101 Å². The molecule has 0 amide bonds. The number of aldehydes is 1. The predicted molar refractivity (Wildman–Crippen MR) is 449 cm³/mol. The average molecular weight is 2510 g/mol. The minimum atomic E-state index is -0.375. The molecule has 649 valence electrons. The molecule has 8 N–H and O–H groups in total. The van der Waals surface area contributed by atoms with Crippen LogP contribution in [-0.4, -0.2) is 154 Å². The first-order valence-electron chi connectivity index (χ1n) is 36.8. The number of benzene rings is 7. The Labute approximate surface area is 769 Å². The fourth-order valence-corrected chi connectivity index (χ4v) is 10.1. The number of phenols is 2. The molecule has 0 spiro atoms. The standard InChI is InChI=1S/C13H13N2O.C13H13N2.C12H10FN2.2C12H11N2.C8H9NO.C7H6O2.3C5H12O2.5Ir/c1-9-8-14-13(10(2)15-9)11-4-6-12(16-3)7-5-11;1-9-4-6-12(7-5-9)13-11(3)15-10(2)8-14-13;1-8-7-14-12(9(2)15-8)10-3-5-11(13)6-4-10;2*1-9-8-13-12(10(2)14-9)11-6-4-3-5-7-11;1-9-6-7-4-2-3-5-8(7)10;8-5-6-3-1-2-4-7(6)9;3*1-4(6)3-5(2)7;;;;;/h4,6-8H,1-3H3;4-6,8H,1-3H3;3,5-7H,1-2H3;2*3-6,8H,1-2H3;2-6,10H,1H3;1-5,9H;3*4-7H,3H2,1-2H3;;;;;/q5*-1;;;;;;;;;;. The fourth-order valence-electron chi connectivity index (χ4n) is 10.1. The van der Waals surface area contributed by atoms with Gasteiger partial charge in [0.25, 0.3) is 0 Å². The zero-order valence-electron chi connectivity index (χ0n) is 70.4. The van der Waals surface area contributed by atoms with Gasteiger partial charge in [-0.05, 0) is 154 Å². The summed E-state index contributed by atoms with van der Waals surface area (Å²) in [4.78, 5) is 57.4. The zero-order chi connectivity index (χ0) is 84.8. The summed E-state index contributed by atoms with van der Waals surface area (Å²) in [6, 6.07) is 60.6. The van der Waals surface area contributed by atoms with Crippen molar-refractivity contribution in [3.63, 3.8) is 0 Å². The number of aromatic hydroxyl groups is 2. The molecule has 5 aromatic heterocycles. The van der Waals surface area contributed by atoms with Gasteiger partial charge in [-0.2, -0.15) is 0 Å². The summed E-state index contributed by atoms with van der Waals surface area (Å²) in [5.41, 5.74) is 20.6. The molecule has 0 saturated heterocycles. The Morgan fingerprint density at radius 1 is 0.378 bits per heavy atom. The van der Waals surface area contributed by atoms with Gasteiger partial charge in [-0.3, -0.25) is 39.1 Å². The summed E-state index contributed by atoms with van der Waals surface area (Å²) in [7, 11) is 3.31. The molecule has 0 aliphatic carbocycles. The number of para-hydroxylation sites is 2. The van der Waals surface area contributed by atoms with E-state index in [0.29, 0.717) is 31.1 Å². The number of hydrogen-bond acceptors (Lipinski definition) is 21. The Bertz CT molecular complexity index is 4550. The summed E-state index contributed by atoms with van der Waals surface area (Å²) < 4.78 is 17.8. The molecule has 0 saturated carbocycles. The van der Waals surface area contributed by atoms with E-state index in [0.717, 1.165) is 125 Å². The number of carbonyl (C=O) groups is 1. The summed E-state index contributed by atoms with van der Waals surface area (Å²) >= 11 is 0. The number of aliphatic imine (C=N–C) groups is 1. The van der Waals surface area contributed by atoms with Crippen LogP contribution >= 0.6 is 0 Å². The number of halogens is 1. The Morgan fingerprint density at radius 3 is 0.882 bits per heavy atom. The molecule has 0 aliphatic rings. The average Bonchev–Trinajstić information content (AvgIpc) is 0.845. The van der Waals surface area contributed by atoms with Gasteiger partial charge in [0, 0.05) is 219 Å². The van der Waals surface area contributed by atoms with Gasteiger partial charge in [-0.25, -0.2) is 0 Å². The van der Waals surface area contributed by atoms with Crippen LogP contribution < -0.4 is 4.74 Å². The van der Waals surface area contributed by atoms with Gasteiger partial charge < -0.3 is 70.5 Å². The number of carbonyl (C=O) groups excluding carboxylic acids is 1. The predicted octanol–water partition coefficient (Wildman–Crippen LogP) is 16.3.